The number of carbonyl (C=O) groups excluding carboxylic acids is 1. The zero-order valence-electron chi connectivity index (χ0n) is 10.2. The van der Waals surface area contributed by atoms with Gasteiger partial charge in [0.15, 0.2) is 5.79 Å². The summed E-state index contributed by atoms with van der Waals surface area (Å²) in [5, 5.41) is 11.1. The van der Waals surface area contributed by atoms with Gasteiger partial charge < -0.3 is 24.8 Å². The van der Waals surface area contributed by atoms with E-state index in [1.165, 1.54) is 0 Å². The molecule has 102 valence electrons. The highest BCUT2D eigenvalue weighted by molar-refractivity contribution is 5.75. The predicted octanol–water partition coefficient (Wildman–Crippen LogP) is 0.00960. The summed E-state index contributed by atoms with van der Waals surface area (Å²) >= 11 is 0. The first kappa shape index (κ1) is 13.1. The minimum Gasteiger partial charge on any atom is -0.481 e. The van der Waals surface area contributed by atoms with Crippen LogP contribution in [0.4, 0.5) is 4.79 Å². The molecule has 2 rings (SSSR count). The van der Waals surface area contributed by atoms with Crippen LogP contribution in [0, 0.1) is 0 Å². The Labute approximate surface area is 105 Å². The molecule has 2 heterocycles. The van der Waals surface area contributed by atoms with Crippen LogP contribution in [0.2, 0.25) is 0 Å². The first-order valence-corrected chi connectivity index (χ1v) is 6.14. The van der Waals surface area contributed by atoms with Crippen molar-refractivity contribution in [3.8, 4) is 0 Å². The number of piperidine rings is 1. The molecule has 0 atom stereocenters. The predicted molar refractivity (Wildman–Crippen MR) is 61.1 cm³/mol. The Balaban J connectivity index is 1.72. The second-order valence-electron chi connectivity index (χ2n) is 4.47. The van der Waals surface area contributed by atoms with Gasteiger partial charge in [0.2, 0.25) is 0 Å². The van der Waals surface area contributed by atoms with E-state index in [9.17, 15) is 9.59 Å². The first-order valence-electron chi connectivity index (χ1n) is 6.14. The van der Waals surface area contributed by atoms with Gasteiger partial charge in [-0.3, -0.25) is 4.79 Å². The van der Waals surface area contributed by atoms with Crippen molar-refractivity contribution in [2.24, 2.45) is 0 Å². The smallest absolute Gasteiger partial charge is 0.317 e. The Kier molecular flexibility index (Phi) is 4.03. The molecule has 1 spiro atoms. The molecule has 7 nitrogen and oxygen atoms in total. The lowest BCUT2D eigenvalue weighted by atomic mass is 10.0. The minimum absolute atomic E-state index is 0.0598. The fraction of sp³-hybridized carbons (Fsp3) is 0.818. The van der Waals surface area contributed by atoms with Crippen LogP contribution in [-0.4, -0.2) is 60.6 Å². The van der Waals surface area contributed by atoms with Crippen molar-refractivity contribution in [3.05, 3.63) is 0 Å². The third kappa shape index (κ3) is 3.11. The Bertz CT molecular complexity index is 317. The average Bonchev–Trinajstić information content (AvgIpc) is 2.78. The number of ether oxygens (including phenoxy) is 2. The van der Waals surface area contributed by atoms with Crippen molar-refractivity contribution in [1.29, 1.82) is 0 Å². The maximum Gasteiger partial charge on any atom is 0.317 e. The number of hydrogen-bond acceptors (Lipinski definition) is 4. The van der Waals surface area contributed by atoms with Gasteiger partial charge in [0.05, 0.1) is 19.6 Å². The molecule has 0 aromatic rings. The third-order valence-corrected chi connectivity index (χ3v) is 3.24. The molecule has 2 aliphatic heterocycles. The molecule has 7 heteroatoms. The molecule has 2 aliphatic rings. The van der Waals surface area contributed by atoms with Crippen LogP contribution in [-0.2, 0) is 14.3 Å². The average molecular weight is 258 g/mol. The van der Waals surface area contributed by atoms with Crippen LogP contribution in [0.25, 0.3) is 0 Å². The van der Waals surface area contributed by atoms with E-state index in [0.29, 0.717) is 39.1 Å². The van der Waals surface area contributed by atoms with Crippen LogP contribution in [0.3, 0.4) is 0 Å². The fourth-order valence-electron chi connectivity index (χ4n) is 2.22. The van der Waals surface area contributed by atoms with Crippen molar-refractivity contribution in [2.45, 2.75) is 25.0 Å². The number of likely N-dealkylation sites (tertiary alicyclic amines) is 1. The number of aliphatic carboxylic acids is 1. The van der Waals surface area contributed by atoms with Gasteiger partial charge in [0.25, 0.3) is 0 Å². The lowest BCUT2D eigenvalue weighted by Crippen LogP contribution is -2.50. The fourth-order valence-corrected chi connectivity index (χ4v) is 2.22. The molecular weight excluding hydrogens is 240 g/mol. The number of amides is 2. The SMILES string of the molecule is O=C(O)CCNC(=O)N1CCC2(CC1)OCCO2. The molecule has 2 amide bonds. The molecule has 18 heavy (non-hydrogen) atoms. The van der Waals surface area contributed by atoms with E-state index in [1.807, 2.05) is 0 Å². The van der Waals surface area contributed by atoms with Crippen molar-refractivity contribution >= 4 is 12.0 Å². The van der Waals surface area contributed by atoms with Crippen LogP contribution < -0.4 is 5.32 Å². The zero-order chi connectivity index (χ0) is 13.0. The van der Waals surface area contributed by atoms with E-state index < -0.39 is 11.8 Å². The summed E-state index contributed by atoms with van der Waals surface area (Å²) in [4.78, 5) is 23.7. The molecule has 0 bridgehead atoms. The largest absolute Gasteiger partial charge is 0.481 e. The molecule has 0 aliphatic carbocycles. The highest BCUT2D eigenvalue weighted by Gasteiger charge is 2.40. The van der Waals surface area contributed by atoms with Gasteiger partial charge in [0.1, 0.15) is 0 Å². The van der Waals surface area contributed by atoms with Crippen molar-refractivity contribution in [2.75, 3.05) is 32.8 Å². The van der Waals surface area contributed by atoms with Crippen LogP contribution in [0.5, 0.6) is 0 Å². The monoisotopic (exact) mass is 258 g/mol. The maximum atomic E-state index is 11.7. The molecule has 0 saturated carbocycles. The second-order valence-corrected chi connectivity index (χ2v) is 4.47. The standard InChI is InChI=1S/C11H18N2O5/c14-9(15)1-4-12-10(16)13-5-2-11(3-6-13)17-7-8-18-11/h1-8H2,(H,12,16)(H,14,15). The minimum atomic E-state index is -0.916. The number of carbonyl (C=O) groups is 2. The molecule has 2 N–H and O–H groups in total. The van der Waals surface area contributed by atoms with Crippen molar-refractivity contribution in [3.63, 3.8) is 0 Å². The Hall–Kier alpha value is -1.34. The second kappa shape index (κ2) is 5.53. The van der Waals surface area contributed by atoms with E-state index in [4.69, 9.17) is 14.6 Å². The Morgan fingerprint density at radius 2 is 1.83 bits per heavy atom. The molecule has 0 aromatic carbocycles. The Morgan fingerprint density at radius 3 is 2.39 bits per heavy atom. The first-order chi connectivity index (χ1) is 8.61. The zero-order valence-corrected chi connectivity index (χ0v) is 10.2. The quantitative estimate of drug-likeness (QED) is 0.744. The molecule has 0 aromatic heterocycles. The normalized spacial score (nSPS) is 22.1. The number of hydrogen-bond donors (Lipinski definition) is 2. The number of urea groups is 1. The van der Waals surface area contributed by atoms with Crippen LogP contribution >= 0.6 is 0 Å². The lowest BCUT2D eigenvalue weighted by molar-refractivity contribution is -0.181. The maximum absolute atomic E-state index is 11.7. The summed E-state index contributed by atoms with van der Waals surface area (Å²) in [5.41, 5.74) is 0. The summed E-state index contributed by atoms with van der Waals surface area (Å²) < 4.78 is 11.1. The topological polar surface area (TPSA) is 88.1 Å². The highest BCUT2D eigenvalue weighted by atomic mass is 16.7. The highest BCUT2D eigenvalue weighted by Crippen LogP contribution is 2.31. The molecule has 0 radical (unpaired) electrons. The van der Waals surface area contributed by atoms with Gasteiger partial charge in [-0.05, 0) is 0 Å². The number of carboxylic acid groups (broad SMARTS) is 1. The summed E-state index contributed by atoms with van der Waals surface area (Å²) in [6.07, 6.45) is 1.27. The van der Waals surface area contributed by atoms with Gasteiger partial charge >= 0.3 is 12.0 Å². The summed E-state index contributed by atoms with van der Waals surface area (Å²) in [6.45, 7) is 2.52. The molecule has 2 saturated heterocycles. The van der Waals surface area contributed by atoms with Crippen molar-refractivity contribution in [1.82, 2.24) is 10.2 Å². The molecular formula is C11H18N2O5. The van der Waals surface area contributed by atoms with E-state index in [0.717, 1.165) is 0 Å². The molecule has 0 unspecified atom stereocenters. The van der Waals surface area contributed by atoms with Gasteiger partial charge in [-0.2, -0.15) is 0 Å². The van der Waals surface area contributed by atoms with E-state index in [2.05, 4.69) is 5.32 Å². The van der Waals surface area contributed by atoms with Crippen molar-refractivity contribution < 1.29 is 24.2 Å². The van der Waals surface area contributed by atoms with Gasteiger partial charge in [-0.1, -0.05) is 0 Å². The summed E-state index contributed by atoms with van der Waals surface area (Å²) in [6, 6.07) is -0.218. The molecule has 2 fully saturated rings. The van der Waals surface area contributed by atoms with E-state index in [-0.39, 0.29) is 19.0 Å². The van der Waals surface area contributed by atoms with E-state index >= 15 is 0 Å². The number of nitrogens with one attached hydrogen (secondary N) is 1. The number of carboxylic acids is 1. The van der Waals surface area contributed by atoms with Gasteiger partial charge in [0, 0.05) is 32.5 Å². The van der Waals surface area contributed by atoms with Crippen LogP contribution in [0.15, 0.2) is 0 Å². The van der Waals surface area contributed by atoms with Crippen LogP contribution in [0.1, 0.15) is 19.3 Å². The third-order valence-electron chi connectivity index (χ3n) is 3.24. The number of rotatable bonds is 3. The number of nitrogens with zero attached hydrogens (tertiary/aromatic N) is 1. The lowest BCUT2D eigenvalue weighted by Gasteiger charge is -2.37. The Morgan fingerprint density at radius 1 is 1.22 bits per heavy atom. The summed E-state index contributed by atoms with van der Waals surface area (Å²) in [5.74, 6) is -1.40. The van der Waals surface area contributed by atoms with E-state index in [1.54, 1.807) is 4.90 Å². The summed E-state index contributed by atoms with van der Waals surface area (Å²) in [7, 11) is 0. The van der Waals surface area contributed by atoms with Gasteiger partial charge in [-0.15, -0.1) is 0 Å². The van der Waals surface area contributed by atoms with Gasteiger partial charge in [-0.25, -0.2) is 4.79 Å².